The van der Waals surface area contributed by atoms with Crippen molar-refractivity contribution in [2.75, 3.05) is 13.1 Å². The number of aromatic nitrogens is 1. The van der Waals surface area contributed by atoms with Gasteiger partial charge in [0.15, 0.2) is 0 Å². The average Bonchev–Trinajstić information content (AvgIpc) is 3.24. The molecule has 22 heavy (non-hydrogen) atoms. The molecule has 2 aromatic rings. The number of nitrogens with one attached hydrogen (secondary N) is 2. The van der Waals surface area contributed by atoms with Crippen LogP contribution < -0.4 is 10.6 Å². The van der Waals surface area contributed by atoms with Crippen LogP contribution in [0.15, 0.2) is 29.6 Å². The number of hydrogen-bond acceptors (Lipinski definition) is 4. The maximum atomic E-state index is 12.5. The molecule has 4 nitrogen and oxygen atoms in total. The van der Waals surface area contributed by atoms with Gasteiger partial charge >= 0.3 is 0 Å². The largest absolute Gasteiger partial charge is 0.346 e. The number of thiazole rings is 1. The van der Waals surface area contributed by atoms with E-state index in [0.717, 1.165) is 47.8 Å². The first-order valence-corrected chi connectivity index (χ1v) is 8.67. The van der Waals surface area contributed by atoms with Gasteiger partial charge in [-0.1, -0.05) is 25.1 Å². The van der Waals surface area contributed by atoms with E-state index in [0.29, 0.717) is 12.5 Å². The van der Waals surface area contributed by atoms with Crippen molar-refractivity contribution in [3.63, 3.8) is 0 Å². The van der Waals surface area contributed by atoms with E-state index in [1.165, 1.54) is 0 Å². The Bertz CT molecular complexity index is 647. The number of hydrogen-bond donors (Lipinski definition) is 2. The molecular formula is C17H21N3OS. The maximum absolute atomic E-state index is 12.5. The fourth-order valence-electron chi connectivity index (χ4n) is 2.82. The molecule has 1 atom stereocenters. The number of nitrogens with zero attached hydrogens (tertiary/aromatic N) is 1. The third-order valence-electron chi connectivity index (χ3n) is 4.07. The van der Waals surface area contributed by atoms with Crippen LogP contribution in [0.1, 0.15) is 45.9 Å². The van der Waals surface area contributed by atoms with E-state index in [1.807, 2.05) is 18.2 Å². The van der Waals surface area contributed by atoms with Crippen LogP contribution >= 0.6 is 11.3 Å². The minimum Gasteiger partial charge on any atom is -0.346 e. The van der Waals surface area contributed by atoms with Crippen molar-refractivity contribution in [2.24, 2.45) is 0 Å². The SMILES string of the molecule is CCc1csc(CNC(=O)c2ccccc2C2CCNC2)n1. The van der Waals surface area contributed by atoms with E-state index in [4.69, 9.17) is 0 Å². The van der Waals surface area contributed by atoms with Gasteiger partial charge in [-0.25, -0.2) is 4.98 Å². The van der Waals surface area contributed by atoms with Gasteiger partial charge < -0.3 is 10.6 Å². The number of aryl methyl sites for hydroxylation is 1. The zero-order chi connectivity index (χ0) is 15.4. The Balaban J connectivity index is 1.69. The molecule has 0 saturated carbocycles. The van der Waals surface area contributed by atoms with Crippen molar-refractivity contribution >= 4 is 17.2 Å². The molecule has 0 aliphatic carbocycles. The first-order valence-electron chi connectivity index (χ1n) is 7.79. The Hall–Kier alpha value is -1.72. The second-order valence-corrected chi connectivity index (χ2v) is 6.49. The lowest BCUT2D eigenvalue weighted by Gasteiger charge is -2.14. The summed E-state index contributed by atoms with van der Waals surface area (Å²) < 4.78 is 0. The van der Waals surface area contributed by atoms with Crippen molar-refractivity contribution in [2.45, 2.75) is 32.2 Å². The normalized spacial score (nSPS) is 17.6. The zero-order valence-corrected chi connectivity index (χ0v) is 13.6. The molecule has 1 aromatic carbocycles. The molecule has 0 radical (unpaired) electrons. The lowest BCUT2D eigenvalue weighted by molar-refractivity contribution is 0.0949. The first kappa shape index (κ1) is 15.2. The topological polar surface area (TPSA) is 54.0 Å². The molecule has 1 fully saturated rings. The highest BCUT2D eigenvalue weighted by Gasteiger charge is 2.21. The van der Waals surface area contributed by atoms with E-state index >= 15 is 0 Å². The van der Waals surface area contributed by atoms with E-state index < -0.39 is 0 Å². The van der Waals surface area contributed by atoms with Gasteiger partial charge in [-0.2, -0.15) is 0 Å². The van der Waals surface area contributed by atoms with E-state index in [2.05, 4.69) is 34.0 Å². The van der Waals surface area contributed by atoms with Crippen LogP contribution in [-0.2, 0) is 13.0 Å². The number of rotatable bonds is 5. The van der Waals surface area contributed by atoms with Gasteiger partial charge in [0.05, 0.1) is 12.2 Å². The average molecular weight is 315 g/mol. The predicted octanol–water partition coefficient (Wildman–Crippen LogP) is 2.71. The summed E-state index contributed by atoms with van der Waals surface area (Å²) in [6.45, 7) is 4.57. The van der Waals surface area contributed by atoms with Gasteiger partial charge in [0, 0.05) is 17.5 Å². The summed E-state index contributed by atoms with van der Waals surface area (Å²) in [6.07, 6.45) is 2.03. The summed E-state index contributed by atoms with van der Waals surface area (Å²) in [7, 11) is 0. The summed E-state index contributed by atoms with van der Waals surface area (Å²) in [5.74, 6) is 0.434. The molecule has 1 amide bonds. The molecule has 0 spiro atoms. The molecule has 3 rings (SSSR count). The van der Waals surface area contributed by atoms with Gasteiger partial charge in [0.1, 0.15) is 5.01 Å². The summed E-state index contributed by atoms with van der Waals surface area (Å²) in [6, 6.07) is 7.94. The van der Waals surface area contributed by atoms with E-state index in [1.54, 1.807) is 11.3 Å². The fourth-order valence-corrected chi connectivity index (χ4v) is 3.64. The molecule has 1 unspecified atom stereocenters. The van der Waals surface area contributed by atoms with Crippen molar-refractivity contribution in [1.82, 2.24) is 15.6 Å². The highest BCUT2D eigenvalue weighted by molar-refractivity contribution is 7.09. The number of amides is 1. The zero-order valence-electron chi connectivity index (χ0n) is 12.8. The molecule has 1 aliphatic rings. The Labute approximate surface area is 135 Å². The minimum atomic E-state index is -0.00394. The van der Waals surface area contributed by atoms with Crippen LogP contribution in [0.2, 0.25) is 0 Å². The second kappa shape index (κ2) is 7.03. The van der Waals surface area contributed by atoms with Crippen LogP contribution in [0.5, 0.6) is 0 Å². The van der Waals surface area contributed by atoms with Gasteiger partial charge in [0.2, 0.25) is 0 Å². The molecular weight excluding hydrogens is 294 g/mol. The Morgan fingerprint density at radius 1 is 1.45 bits per heavy atom. The summed E-state index contributed by atoms with van der Waals surface area (Å²) in [4.78, 5) is 17.0. The molecule has 2 N–H and O–H groups in total. The molecule has 116 valence electrons. The molecule has 1 aliphatic heterocycles. The lowest BCUT2D eigenvalue weighted by atomic mass is 9.93. The Morgan fingerprint density at radius 2 is 2.32 bits per heavy atom. The van der Waals surface area contributed by atoms with Crippen molar-refractivity contribution < 1.29 is 4.79 Å². The third kappa shape index (κ3) is 3.36. The maximum Gasteiger partial charge on any atom is 0.251 e. The van der Waals surface area contributed by atoms with Crippen molar-refractivity contribution in [3.8, 4) is 0 Å². The quantitative estimate of drug-likeness (QED) is 0.892. The summed E-state index contributed by atoms with van der Waals surface area (Å²) >= 11 is 1.60. The minimum absolute atomic E-state index is 0.00394. The van der Waals surface area contributed by atoms with Crippen LogP contribution in [0, 0.1) is 0 Å². The summed E-state index contributed by atoms with van der Waals surface area (Å²) in [5, 5.41) is 9.39. The highest BCUT2D eigenvalue weighted by Crippen LogP contribution is 2.25. The van der Waals surface area contributed by atoms with Crippen LogP contribution in [-0.4, -0.2) is 24.0 Å². The van der Waals surface area contributed by atoms with Crippen molar-refractivity contribution in [1.29, 1.82) is 0 Å². The first-order chi connectivity index (χ1) is 10.8. The lowest BCUT2D eigenvalue weighted by Crippen LogP contribution is -2.24. The molecule has 5 heteroatoms. The molecule has 0 bridgehead atoms. The summed E-state index contributed by atoms with van der Waals surface area (Å²) in [5.41, 5.74) is 3.04. The predicted molar refractivity (Wildman–Crippen MR) is 89.3 cm³/mol. The number of carbonyl (C=O) groups is 1. The van der Waals surface area contributed by atoms with Gasteiger partial charge in [-0.3, -0.25) is 4.79 Å². The van der Waals surface area contributed by atoms with E-state index in [-0.39, 0.29) is 5.91 Å². The van der Waals surface area contributed by atoms with E-state index in [9.17, 15) is 4.79 Å². The highest BCUT2D eigenvalue weighted by atomic mass is 32.1. The smallest absolute Gasteiger partial charge is 0.251 e. The van der Waals surface area contributed by atoms with Crippen molar-refractivity contribution in [3.05, 3.63) is 51.5 Å². The number of benzene rings is 1. The second-order valence-electron chi connectivity index (χ2n) is 5.55. The fraction of sp³-hybridized carbons (Fsp3) is 0.412. The standard InChI is InChI=1S/C17H21N3OS/c1-2-13-11-22-16(20-13)10-19-17(21)15-6-4-3-5-14(15)12-7-8-18-9-12/h3-6,11-12,18H,2,7-10H2,1H3,(H,19,21). The van der Waals surface area contributed by atoms with Gasteiger partial charge in [-0.05, 0) is 36.9 Å². The van der Waals surface area contributed by atoms with Gasteiger partial charge in [0.25, 0.3) is 5.91 Å². The number of carbonyl (C=O) groups excluding carboxylic acids is 1. The van der Waals surface area contributed by atoms with Crippen LogP contribution in [0.3, 0.4) is 0 Å². The molecule has 1 aromatic heterocycles. The monoisotopic (exact) mass is 315 g/mol. The van der Waals surface area contributed by atoms with Gasteiger partial charge in [-0.15, -0.1) is 11.3 Å². The third-order valence-corrected chi connectivity index (χ3v) is 4.96. The van der Waals surface area contributed by atoms with Crippen LogP contribution in [0.4, 0.5) is 0 Å². The Morgan fingerprint density at radius 3 is 3.05 bits per heavy atom. The Kier molecular flexibility index (Phi) is 4.85. The van der Waals surface area contributed by atoms with Crippen LogP contribution in [0.25, 0.3) is 0 Å². The molecule has 1 saturated heterocycles. The molecule has 2 heterocycles.